The molecule has 8 rings (SSSR count). The van der Waals surface area contributed by atoms with Crippen LogP contribution in [0.3, 0.4) is 0 Å². The largest absolute Gasteiger partial charge is 0.493 e. The number of benzene rings is 1. The molecule has 4 saturated carbocycles. The van der Waals surface area contributed by atoms with E-state index in [1.807, 2.05) is 6.07 Å². The fourth-order valence-corrected chi connectivity index (χ4v) is 8.66. The molecule has 2 aliphatic heterocycles. The number of ether oxygens (including phenoxy) is 1. The van der Waals surface area contributed by atoms with E-state index in [1.165, 1.54) is 49.9 Å². The molecule has 182 valence electrons. The lowest BCUT2D eigenvalue weighted by molar-refractivity contribution is -0.135. The Morgan fingerprint density at radius 1 is 1.11 bits per heavy atom. The first-order chi connectivity index (χ1) is 16.9. The first-order valence-corrected chi connectivity index (χ1v) is 13.3. The molecule has 0 unspecified atom stereocenters. The number of rotatable bonds is 4. The lowest BCUT2D eigenvalue weighted by Crippen LogP contribution is -2.48. The summed E-state index contributed by atoms with van der Waals surface area (Å²) in [6.45, 7) is -0.0668. The number of urea groups is 1. The second kappa shape index (κ2) is 7.49. The first kappa shape index (κ1) is 21.3. The number of hydrogen-bond donors (Lipinski definition) is 2. The maximum absolute atomic E-state index is 13.4. The van der Waals surface area contributed by atoms with Crippen LogP contribution in [0.4, 0.5) is 9.93 Å². The quantitative estimate of drug-likeness (QED) is 0.633. The molecule has 6 aliphatic rings. The van der Waals surface area contributed by atoms with Gasteiger partial charge in [0.05, 0.1) is 6.61 Å². The number of carbonyl (C=O) groups is 3. The molecule has 9 nitrogen and oxygen atoms in total. The number of nitrogens with zero attached hydrogens (tertiary/aromatic N) is 3. The van der Waals surface area contributed by atoms with Gasteiger partial charge < -0.3 is 10.1 Å². The minimum absolute atomic E-state index is 0.114. The van der Waals surface area contributed by atoms with Gasteiger partial charge in [0.2, 0.25) is 11.0 Å². The van der Waals surface area contributed by atoms with Gasteiger partial charge in [-0.2, -0.15) is 0 Å². The lowest BCUT2D eigenvalue weighted by atomic mass is 9.50. The molecule has 4 bridgehead atoms. The fourth-order valence-electron chi connectivity index (χ4n) is 7.68. The van der Waals surface area contributed by atoms with Gasteiger partial charge in [-0.3, -0.25) is 19.8 Å². The number of imide groups is 1. The van der Waals surface area contributed by atoms with E-state index in [2.05, 4.69) is 20.8 Å². The second-order valence-corrected chi connectivity index (χ2v) is 12.0. The van der Waals surface area contributed by atoms with E-state index in [4.69, 9.17) is 4.74 Å². The van der Waals surface area contributed by atoms with Gasteiger partial charge in [-0.05, 0) is 62.3 Å². The predicted molar refractivity (Wildman–Crippen MR) is 127 cm³/mol. The summed E-state index contributed by atoms with van der Waals surface area (Å²) in [7, 11) is 0. The van der Waals surface area contributed by atoms with Crippen molar-refractivity contribution < 1.29 is 19.1 Å². The number of para-hydroxylation sites is 1. The Kier molecular flexibility index (Phi) is 4.56. The summed E-state index contributed by atoms with van der Waals surface area (Å²) in [5, 5.41) is 15.8. The van der Waals surface area contributed by atoms with Gasteiger partial charge in [0.15, 0.2) is 5.54 Å². The Hall–Kier alpha value is -3.01. The minimum atomic E-state index is -1.19. The average Bonchev–Trinajstić information content (AvgIpc) is 3.38. The lowest BCUT2D eigenvalue weighted by Gasteiger charge is -2.55. The molecule has 2 N–H and O–H groups in total. The average molecular weight is 494 g/mol. The predicted octanol–water partition coefficient (Wildman–Crippen LogP) is 3.17. The van der Waals surface area contributed by atoms with E-state index in [0.717, 1.165) is 27.7 Å². The van der Waals surface area contributed by atoms with E-state index in [-0.39, 0.29) is 12.0 Å². The molecule has 0 radical (unpaired) electrons. The summed E-state index contributed by atoms with van der Waals surface area (Å²) >= 11 is 1.45. The number of carbonyl (C=O) groups excluding carboxylic acids is 3. The third-order valence-corrected chi connectivity index (χ3v) is 9.81. The Balaban J connectivity index is 1.06. The normalized spacial score (nSPS) is 34.6. The first-order valence-electron chi connectivity index (χ1n) is 12.4. The number of fused-ring (bicyclic) bond motifs is 2. The van der Waals surface area contributed by atoms with Gasteiger partial charge in [0.1, 0.15) is 17.3 Å². The van der Waals surface area contributed by atoms with E-state index < -0.39 is 23.4 Å². The van der Waals surface area contributed by atoms with Gasteiger partial charge in [-0.25, -0.2) is 4.79 Å². The van der Waals surface area contributed by atoms with Crippen molar-refractivity contribution in [3.05, 3.63) is 34.8 Å². The van der Waals surface area contributed by atoms with Crippen LogP contribution in [0.2, 0.25) is 0 Å². The van der Waals surface area contributed by atoms with Crippen molar-refractivity contribution in [1.82, 2.24) is 20.4 Å². The van der Waals surface area contributed by atoms with E-state index in [1.54, 1.807) is 18.2 Å². The Labute approximate surface area is 206 Å². The Morgan fingerprint density at radius 3 is 2.57 bits per heavy atom. The highest BCUT2D eigenvalue weighted by molar-refractivity contribution is 7.15. The minimum Gasteiger partial charge on any atom is -0.493 e. The number of anilines is 1. The molecule has 4 amide bonds. The molecule has 5 fully saturated rings. The van der Waals surface area contributed by atoms with Crippen molar-refractivity contribution in [2.75, 3.05) is 18.5 Å². The van der Waals surface area contributed by atoms with Crippen molar-refractivity contribution in [3.63, 3.8) is 0 Å². The molecule has 35 heavy (non-hydrogen) atoms. The smallest absolute Gasteiger partial charge is 0.325 e. The van der Waals surface area contributed by atoms with E-state index >= 15 is 0 Å². The van der Waals surface area contributed by atoms with Crippen molar-refractivity contribution >= 4 is 34.3 Å². The summed E-state index contributed by atoms with van der Waals surface area (Å²) < 4.78 is 5.66. The molecule has 1 spiro atoms. The van der Waals surface area contributed by atoms with Crippen LogP contribution in [-0.4, -0.2) is 46.1 Å². The summed E-state index contributed by atoms with van der Waals surface area (Å²) in [5.41, 5.74) is -0.458. The summed E-state index contributed by atoms with van der Waals surface area (Å²) in [5.74, 6) is 2.07. The number of aromatic nitrogens is 2. The van der Waals surface area contributed by atoms with Gasteiger partial charge in [0, 0.05) is 17.4 Å². The highest BCUT2D eigenvalue weighted by atomic mass is 32.1. The Morgan fingerprint density at radius 2 is 1.83 bits per heavy atom. The van der Waals surface area contributed by atoms with Crippen LogP contribution >= 0.6 is 11.3 Å². The number of amides is 4. The molecule has 4 aliphatic carbocycles. The maximum atomic E-state index is 13.4. The monoisotopic (exact) mass is 493 g/mol. The summed E-state index contributed by atoms with van der Waals surface area (Å²) in [4.78, 5) is 40.0. The van der Waals surface area contributed by atoms with Gasteiger partial charge in [-0.1, -0.05) is 29.5 Å². The molecule has 1 aromatic carbocycles. The molecule has 10 heteroatoms. The molecule has 1 aromatic heterocycles. The van der Waals surface area contributed by atoms with Crippen LogP contribution in [-0.2, 0) is 20.5 Å². The van der Waals surface area contributed by atoms with Crippen molar-refractivity contribution in [2.45, 2.75) is 55.9 Å². The third kappa shape index (κ3) is 3.22. The van der Waals surface area contributed by atoms with Gasteiger partial charge in [-0.15, -0.1) is 10.2 Å². The zero-order valence-electron chi connectivity index (χ0n) is 19.3. The topological polar surface area (TPSA) is 114 Å². The molecular formula is C25H27N5O4S. The molecule has 1 atom stereocenters. The molecule has 2 aromatic rings. The van der Waals surface area contributed by atoms with Crippen LogP contribution in [0, 0.1) is 17.8 Å². The molecule has 1 saturated heterocycles. The van der Waals surface area contributed by atoms with E-state index in [9.17, 15) is 14.4 Å². The summed E-state index contributed by atoms with van der Waals surface area (Å²) in [6, 6.07) is 6.62. The second-order valence-electron chi connectivity index (χ2n) is 11.0. The molecular weight excluding hydrogens is 466 g/mol. The SMILES string of the molecule is O=C(CN1C(=O)N[C@]2(CCOc3ccccc32)C1=O)Nc1nnc(C23CC4CC(CC(C4)C2)C3)s1. The highest BCUT2D eigenvalue weighted by Gasteiger charge is 2.55. The van der Waals surface area contributed by atoms with Crippen molar-refractivity contribution in [3.8, 4) is 5.75 Å². The van der Waals surface area contributed by atoms with E-state index in [0.29, 0.717) is 29.5 Å². The van der Waals surface area contributed by atoms with Crippen LogP contribution in [0.1, 0.15) is 55.5 Å². The Bertz CT molecular complexity index is 1210. The standard InChI is InChI=1S/C25H27N5O4S/c31-19(13-30-21(32)25(27-23(30)33)5-6-34-18-4-2-1-3-17(18)25)26-22-29-28-20(35-22)24-10-14-7-15(11-24)9-16(8-14)12-24/h1-4,14-16H,5-13H2,(H,27,33)(H,26,29,31)/t14?,15?,16?,24?,25-/m0/s1. The zero-order valence-corrected chi connectivity index (χ0v) is 20.1. The van der Waals surface area contributed by atoms with Crippen LogP contribution in [0.5, 0.6) is 5.75 Å². The van der Waals surface area contributed by atoms with Crippen LogP contribution in [0.25, 0.3) is 0 Å². The maximum Gasteiger partial charge on any atom is 0.325 e. The van der Waals surface area contributed by atoms with Crippen LogP contribution < -0.4 is 15.4 Å². The molecule has 3 heterocycles. The number of hydrogen-bond acceptors (Lipinski definition) is 7. The number of nitrogens with one attached hydrogen (secondary N) is 2. The summed E-state index contributed by atoms with van der Waals surface area (Å²) in [6.07, 6.45) is 7.91. The third-order valence-electron chi connectivity index (χ3n) is 8.72. The van der Waals surface area contributed by atoms with Gasteiger partial charge in [0.25, 0.3) is 5.91 Å². The van der Waals surface area contributed by atoms with Crippen LogP contribution in [0.15, 0.2) is 24.3 Å². The zero-order chi connectivity index (χ0) is 23.8. The van der Waals surface area contributed by atoms with Gasteiger partial charge >= 0.3 is 6.03 Å². The highest BCUT2D eigenvalue weighted by Crippen LogP contribution is 2.61. The van der Waals surface area contributed by atoms with Crippen molar-refractivity contribution in [1.29, 1.82) is 0 Å². The fraction of sp³-hybridized carbons (Fsp3) is 0.560. The van der Waals surface area contributed by atoms with Crippen molar-refractivity contribution in [2.24, 2.45) is 17.8 Å².